The first-order valence-electron chi connectivity index (χ1n) is 11.0. The molecular formula is C28H20S4. The Hall–Kier alpha value is -2.24. The van der Waals surface area contributed by atoms with E-state index in [9.17, 15) is 0 Å². The van der Waals surface area contributed by atoms with Crippen molar-refractivity contribution in [1.82, 2.24) is 0 Å². The van der Waals surface area contributed by atoms with Crippen molar-refractivity contribution in [2.45, 2.75) is 25.7 Å². The van der Waals surface area contributed by atoms with E-state index in [1.54, 1.807) is 0 Å². The van der Waals surface area contributed by atoms with Crippen molar-refractivity contribution in [2.75, 3.05) is 0 Å². The topological polar surface area (TPSA) is 0 Å². The molecule has 4 heteroatoms. The maximum atomic E-state index is 2.43. The lowest BCUT2D eigenvalue weighted by Gasteiger charge is -2.24. The fourth-order valence-electron chi connectivity index (χ4n) is 4.76. The van der Waals surface area contributed by atoms with Crippen molar-refractivity contribution in [3.63, 3.8) is 0 Å². The molecule has 0 N–H and O–H groups in total. The van der Waals surface area contributed by atoms with Crippen molar-refractivity contribution in [3.05, 3.63) is 90.9 Å². The smallest absolute Gasteiger partial charge is 0.0352 e. The minimum absolute atomic E-state index is 1.14. The molecule has 156 valence electrons. The maximum absolute atomic E-state index is 2.43. The molecule has 0 saturated carbocycles. The highest BCUT2D eigenvalue weighted by molar-refractivity contribution is 7.19. The van der Waals surface area contributed by atoms with Crippen LogP contribution in [-0.2, 0) is 25.7 Å². The van der Waals surface area contributed by atoms with Crippen LogP contribution in [0.4, 0.5) is 0 Å². The van der Waals surface area contributed by atoms with Crippen LogP contribution in [0.3, 0.4) is 0 Å². The second-order valence-electron chi connectivity index (χ2n) is 8.46. The predicted octanol–water partition coefficient (Wildman–Crippen LogP) is 9.46. The van der Waals surface area contributed by atoms with Crippen LogP contribution in [0.1, 0.15) is 19.5 Å². The third-order valence-corrected chi connectivity index (χ3v) is 10.6. The van der Waals surface area contributed by atoms with E-state index in [0.717, 1.165) is 25.7 Å². The first kappa shape index (κ1) is 19.2. The van der Waals surface area contributed by atoms with E-state index < -0.39 is 0 Å². The summed E-state index contributed by atoms with van der Waals surface area (Å²) < 4.78 is 2.86. The second kappa shape index (κ2) is 7.67. The van der Waals surface area contributed by atoms with Gasteiger partial charge in [-0.2, -0.15) is 0 Å². The molecule has 1 aliphatic rings. The quantitative estimate of drug-likeness (QED) is 0.220. The molecule has 4 aromatic heterocycles. The van der Waals surface area contributed by atoms with E-state index in [2.05, 4.69) is 71.4 Å². The highest BCUT2D eigenvalue weighted by Crippen LogP contribution is 2.52. The molecule has 0 amide bonds. The summed E-state index contributed by atoms with van der Waals surface area (Å²) in [6, 6.07) is 23.4. The number of fused-ring (bicyclic) bond motifs is 6. The molecule has 0 fully saturated rings. The fourth-order valence-corrected chi connectivity index (χ4v) is 8.35. The number of hydrogen-bond donors (Lipinski definition) is 0. The zero-order chi connectivity index (χ0) is 21.1. The van der Waals surface area contributed by atoms with E-state index in [1.165, 1.54) is 61.9 Å². The van der Waals surface area contributed by atoms with Gasteiger partial charge in [0, 0.05) is 28.9 Å². The van der Waals surface area contributed by atoms with Crippen molar-refractivity contribution >= 4 is 65.5 Å². The van der Waals surface area contributed by atoms with Gasteiger partial charge in [0.15, 0.2) is 0 Å². The van der Waals surface area contributed by atoms with Gasteiger partial charge < -0.3 is 0 Å². The summed E-state index contributed by atoms with van der Waals surface area (Å²) in [5.74, 6) is 0. The van der Waals surface area contributed by atoms with E-state index >= 15 is 0 Å². The van der Waals surface area contributed by atoms with Gasteiger partial charge in [0.2, 0.25) is 0 Å². The summed E-state index contributed by atoms with van der Waals surface area (Å²) in [6.45, 7) is 0. The van der Waals surface area contributed by atoms with Crippen molar-refractivity contribution in [1.29, 1.82) is 0 Å². The van der Waals surface area contributed by atoms with Gasteiger partial charge in [-0.1, -0.05) is 12.1 Å². The number of hydrogen-bond acceptors (Lipinski definition) is 4. The Kier molecular flexibility index (Phi) is 4.61. The van der Waals surface area contributed by atoms with E-state index in [4.69, 9.17) is 0 Å². The Balaban J connectivity index is 1.17. The summed E-state index contributed by atoms with van der Waals surface area (Å²) in [5.41, 5.74) is 5.75. The summed E-state index contributed by atoms with van der Waals surface area (Å²) in [5, 5.41) is 7.17. The van der Waals surface area contributed by atoms with Gasteiger partial charge in [-0.05, 0) is 118 Å². The molecule has 0 unspecified atom stereocenters. The SMILES string of the molecule is c1csc(CCc2cc3cc4c(cc3s2)-c2cc3cc(CCc5cccs5)sc3cc2-4)c1. The summed E-state index contributed by atoms with van der Waals surface area (Å²) in [4.78, 5) is 5.96. The van der Waals surface area contributed by atoms with Crippen LogP contribution >= 0.6 is 45.3 Å². The minimum atomic E-state index is 1.14. The van der Waals surface area contributed by atoms with Gasteiger partial charge >= 0.3 is 0 Å². The maximum Gasteiger partial charge on any atom is 0.0352 e. The van der Waals surface area contributed by atoms with Crippen LogP contribution in [0.5, 0.6) is 0 Å². The molecule has 1 aliphatic carbocycles. The average Bonchev–Trinajstić information content (AvgIpc) is 3.59. The van der Waals surface area contributed by atoms with Crippen LogP contribution in [0.15, 0.2) is 71.4 Å². The molecule has 32 heavy (non-hydrogen) atoms. The zero-order valence-electron chi connectivity index (χ0n) is 17.4. The molecular weight excluding hydrogens is 465 g/mol. The van der Waals surface area contributed by atoms with Gasteiger partial charge in [0.05, 0.1) is 0 Å². The van der Waals surface area contributed by atoms with Crippen molar-refractivity contribution in [2.24, 2.45) is 0 Å². The lowest BCUT2D eigenvalue weighted by molar-refractivity contribution is 1.01. The van der Waals surface area contributed by atoms with Crippen LogP contribution in [0, 0.1) is 0 Å². The number of aryl methyl sites for hydroxylation is 4. The third-order valence-electron chi connectivity index (χ3n) is 6.39. The molecule has 0 spiro atoms. The molecule has 6 aromatic rings. The van der Waals surface area contributed by atoms with Gasteiger partial charge in [0.1, 0.15) is 0 Å². The highest BCUT2D eigenvalue weighted by atomic mass is 32.1. The van der Waals surface area contributed by atoms with Crippen LogP contribution in [0.2, 0.25) is 0 Å². The van der Waals surface area contributed by atoms with Crippen LogP contribution < -0.4 is 0 Å². The monoisotopic (exact) mass is 484 g/mol. The predicted molar refractivity (Wildman–Crippen MR) is 145 cm³/mol. The Morgan fingerprint density at radius 2 is 0.906 bits per heavy atom. The second-order valence-corrected chi connectivity index (χ2v) is 12.9. The largest absolute Gasteiger partial charge is 0.149 e. The van der Waals surface area contributed by atoms with Crippen LogP contribution in [-0.4, -0.2) is 0 Å². The average molecular weight is 485 g/mol. The van der Waals surface area contributed by atoms with E-state index in [-0.39, 0.29) is 0 Å². The Bertz CT molecular complexity index is 1350. The van der Waals surface area contributed by atoms with Gasteiger partial charge in [-0.3, -0.25) is 0 Å². The first-order chi connectivity index (χ1) is 15.8. The van der Waals surface area contributed by atoms with Gasteiger partial charge in [0.25, 0.3) is 0 Å². The molecule has 0 saturated heterocycles. The molecule has 0 aliphatic heterocycles. The van der Waals surface area contributed by atoms with Gasteiger partial charge in [-0.15, -0.1) is 45.3 Å². The molecule has 0 atom stereocenters. The Labute approximate surface area is 203 Å². The standard InChI is InChI=1S/C28H20S4/c1-3-19(29-9-1)5-7-21-11-17-13-23-25(15-27(17)31-21)24-14-18-12-22(32-28(18)16-26(23)24)8-6-20-4-2-10-30-20/h1-4,9-16H,5-8H2. The molecule has 4 heterocycles. The normalized spacial score (nSPS) is 12.2. The van der Waals surface area contributed by atoms with E-state index in [0.29, 0.717) is 0 Å². The molecule has 7 rings (SSSR count). The summed E-state index contributed by atoms with van der Waals surface area (Å²) in [7, 11) is 0. The van der Waals surface area contributed by atoms with Crippen LogP contribution in [0.25, 0.3) is 42.4 Å². The Morgan fingerprint density at radius 3 is 1.34 bits per heavy atom. The molecule has 2 aromatic carbocycles. The summed E-state index contributed by atoms with van der Waals surface area (Å²) in [6.07, 6.45) is 4.58. The van der Waals surface area contributed by atoms with E-state index in [1.807, 2.05) is 45.3 Å². The highest BCUT2D eigenvalue weighted by Gasteiger charge is 2.25. The van der Waals surface area contributed by atoms with Crippen molar-refractivity contribution in [3.8, 4) is 22.3 Å². The van der Waals surface area contributed by atoms with Crippen molar-refractivity contribution < 1.29 is 0 Å². The number of thiophene rings is 4. The molecule has 0 nitrogen and oxygen atoms in total. The summed E-state index contributed by atoms with van der Waals surface area (Å²) >= 11 is 7.68. The fraction of sp³-hybridized carbons (Fsp3) is 0.143. The van der Waals surface area contributed by atoms with Gasteiger partial charge in [-0.25, -0.2) is 0 Å². The lowest BCUT2D eigenvalue weighted by Crippen LogP contribution is -1.97. The molecule has 0 bridgehead atoms. The Morgan fingerprint density at radius 1 is 0.469 bits per heavy atom. The lowest BCUT2D eigenvalue weighted by atomic mass is 9.79. The first-order valence-corrected chi connectivity index (χ1v) is 14.4. The minimum Gasteiger partial charge on any atom is -0.149 e. The number of rotatable bonds is 6. The molecule has 0 radical (unpaired) electrons. The third kappa shape index (κ3) is 3.29. The number of benzene rings is 2. The zero-order valence-corrected chi connectivity index (χ0v) is 20.7.